The Balaban J connectivity index is 0.0000115. The molecule has 2 aromatic heterocycles. The van der Waals surface area contributed by atoms with Crippen LogP contribution in [-0.4, -0.2) is 132 Å². The van der Waals surface area contributed by atoms with Crippen molar-refractivity contribution in [3.8, 4) is 5.40 Å². The Hall–Kier alpha value is -0.558. The molecule has 12 nitrogen and oxygen atoms in total. The summed E-state index contributed by atoms with van der Waals surface area (Å²) in [6, 6.07) is 10.3. The molecule has 2 N–H and O–H groups in total. The van der Waals surface area contributed by atoms with Crippen molar-refractivity contribution in [2.75, 3.05) is 89.7 Å². The Bertz CT molecular complexity index is 1180. The summed E-state index contributed by atoms with van der Waals surface area (Å²) in [7, 11) is 0. The maximum atomic E-state index is 11.4. The average Bonchev–Trinajstić information content (AvgIpc) is 3.08. The smallest absolute Gasteiger partial charge is 0.477 e. The van der Waals surface area contributed by atoms with Gasteiger partial charge in [-0.05, 0) is 66.8 Å². The fraction of sp³-hybridized carbons (Fsp3) is 0.588. The maximum Gasteiger partial charge on any atom is 1.00 e. The number of pyridine rings is 2. The molecule has 0 amide bonds. The van der Waals surface area contributed by atoms with Gasteiger partial charge in [-0.25, -0.2) is 14.8 Å². The number of carboxylic acid groups (broad SMARTS) is 1. The number of thioether (sulfide) groups is 2. The van der Waals surface area contributed by atoms with Crippen LogP contribution in [0, 0.1) is 18.1 Å². The van der Waals surface area contributed by atoms with Crippen LogP contribution in [0.4, 0.5) is 0 Å². The third-order valence-corrected chi connectivity index (χ3v) is 8.64. The van der Waals surface area contributed by atoms with E-state index in [1.165, 1.54) is 24.2 Å². The number of aldehydes is 1. The molecule has 2 rings (SSSR count). The number of thiocyanates is 1. The Labute approximate surface area is 359 Å². The zero-order valence-corrected chi connectivity index (χ0v) is 37.1. The summed E-state index contributed by atoms with van der Waals surface area (Å²) in [6.07, 6.45) is 5.15. The molecule has 49 heavy (non-hydrogen) atoms. The molecule has 0 spiro atoms. The van der Waals surface area contributed by atoms with Crippen molar-refractivity contribution in [2.24, 2.45) is 0 Å². The second-order valence-electron chi connectivity index (χ2n) is 10.6. The van der Waals surface area contributed by atoms with Gasteiger partial charge in [-0.2, -0.15) is 17.0 Å². The van der Waals surface area contributed by atoms with Crippen LogP contribution in [0.25, 0.3) is 0 Å². The van der Waals surface area contributed by atoms with Crippen LogP contribution in [0.5, 0.6) is 0 Å². The van der Waals surface area contributed by atoms with Crippen molar-refractivity contribution in [1.29, 1.82) is 5.26 Å². The van der Waals surface area contributed by atoms with Crippen molar-refractivity contribution in [2.45, 2.75) is 38.8 Å². The number of rotatable bonds is 30. The zero-order chi connectivity index (χ0) is 33.8. The standard InChI is InChI=1S/C33H49N5O7S2.CH3.Cs/c34-28-47-23-3-1-2-22-46-24-6-16-43-17-13-38(26-30-8-5-10-32(36-30)33(41)42)14-19-45-21-20-44-18-12-37(11-15-39)25-29-7-4-9-31(27-40)35-29;;/h4-5,7-10,27,39H,1-3,6,11-26H2,(H,41,42);1H3;/q;-1;+1. The predicted molar refractivity (Wildman–Crippen MR) is 191 cm³/mol. The number of carbonyl (C=O) groups is 2. The molecule has 0 unspecified atom stereocenters. The monoisotopic (exact) mass is 839 g/mol. The second kappa shape index (κ2) is 33.3. The van der Waals surface area contributed by atoms with Gasteiger partial charge in [0, 0.05) is 51.6 Å². The Morgan fingerprint density at radius 1 is 0.796 bits per heavy atom. The summed E-state index contributed by atoms with van der Waals surface area (Å²) in [5.41, 5.74) is 1.84. The Kier molecular flexibility index (Phi) is 32.9. The number of aliphatic hydroxyl groups excluding tert-OH is 1. The van der Waals surface area contributed by atoms with Crippen LogP contribution in [0.3, 0.4) is 0 Å². The topological polar surface area (TPSA) is 158 Å². The van der Waals surface area contributed by atoms with E-state index in [1.54, 1.807) is 18.2 Å². The molecule has 2 heterocycles. The fourth-order valence-corrected chi connectivity index (χ4v) is 5.82. The van der Waals surface area contributed by atoms with Gasteiger partial charge in [-0.1, -0.05) is 18.6 Å². The van der Waals surface area contributed by atoms with E-state index in [1.807, 2.05) is 28.8 Å². The summed E-state index contributed by atoms with van der Waals surface area (Å²) in [5, 5.41) is 29.4. The van der Waals surface area contributed by atoms with Crippen LogP contribution in [0.2, 0.25) is 0 Å². The Morgan fingerprint density at radius 2 is 1.37 bits per heavy atom. The molecular weight excluding hydrogens is 787 g/mol. The van der Waals surface area contributed by atoms with Crippen molar-refractivity contribution < 1.29 is 103 Å². The first kappa shape index (κ1) is 48.4. The largest absolute Gasteiger partial charge is 1.00 e. The number of carboxylic acids is 1. The molecule has 0 fully saturated rings. The number of aromatic carboxylic acids is 1. The maximum absolute atomic E-state index is 11.4. The molecular formula is C34H52CsN5O7S2. The molecule has 0 aromatic carbocycles. The predicted octanol–water partition coefficient (Wildman–Crippen LogP) is 1.30. The molecule has 0 aliphatic heterocycles. The molecule has 0 saturated heterocycles. The van der Waals surface area contributed by atoms with Crippen molar-refractivity contribution in [3.63, 3.8) is 0 Å². The minimum absolute atomic E-state index is 0. The summed E-state index contributed by atoms with van der Waals surface area (Å²) < 4.78 is 17.5. The molecule has 0 aliphatic rings. The van der Waals surface area contributed by atoms with Gasteiger partial charge in [0.05, 0.1) is 51.0 Å². The van der Waals surface area contributed by atoms with E-state index in [4.69, 9.17) is 19.5 Å². The zero-order valence-electron chi connectivity index (χ0n) is 29.2. The van der Waals surface area contributed by atoms with Gasteiger partial charge in [0.15, 0.2) is 6.29 Å². The first-order chi connectivity index (χ1) is 23.0. The van der Waals surface area contributed by atoms with E-state index < -0.39 is 5.97 Å². The third kappa shape index (κ3) is 25.1. The molecule has 268 valence electrons. The van der Waals surface area contributed by atoms with E-state index in [2.05, 4.69) is 20.3 Å². The number of nitrogens with zero attached hydrogens (tertiary/aromatic N) is 5. The van der Waals surface area contributed by atoms with Crippen molar-refractivity contribution in [3.05, 3.63) is 66.6 Å². The third-order valence-electron chi connectivity index (χ3n) is 6.87. The minimum atomic E-state index is -1.05. The number of unbranched alkanes of at least 4 members (excludes halogenated alkanes) is 2. The fourth-order valence-electron chi connectivity index (χ4n) is 4.45. The molecule has 0 radical (unpaired) electrons. The quantitative estimate of drug-likeness (QED) is 0.0502. The van der Waals surface area contributed by atoms with Crippen LogP contribution in [-0.2, 0) is 27.3 Å². The first-order valence-electron chi connectivity index (χ1n) is 16.0. The van der Waals surface area contributed by atoms with E-state index in [0.29, 0.717) is 90.3 Å². The number of aliphatic hydroxyl groups is 1. The van der Waals surface area contributed by atoms with E-state index in [9.17, 15) is 19.8 Å². The number of aromatic nitrogens is 2. The molecule has 0 aliphatic carbocycles. The molecule has 2 aromatic rings. The molecule has 15 heteroatoms. The number of nitriles is 1. The van der Waals surface area contributed by atoms with Crippen molar-refractivity contribution >= 4 is 35.8 Å². The summed E-state index contributed by atoms with van der Waals surface area (Å²) in [4.78, 5) is 35.1. The van der Waals surface area contributed by atoms with Gasteiger partial charge >= 0.3 is 74.9 Å². The van der Waals surface area contributed by atoms with E-state index in [-0.39, 0.29) is 88.6 Å². The van der Waals surface area contributed by atoms with Gasteiger partial charge in [-0.15, -0.1) is 0 Å². The van der Waals surface area contributed by atoms with E-state index >= 15 is 0 Å². The first-order valence-corrected chi connectivity index (χ1v) is 18.2. The molecule has 0 saturated carbocycles. The van der Waals surface area contributed by atoms with Crippen LogP contribution >= 0.6 is 23.5 Å². The van der Waals surface area contributed by atoms with Gasteiger partial charge in [-0.3, -0.25) is 14.6 Å². The normalized spacial score (nSPS) is 10.8. The Morgan fingerprint density at radius 3 is 1.98 bits per heavy atom. The SMILES string of the molecule is N#CSCCCCCSCCCOCCN(CCOCCOCCN(CCO)Cc1cccc(C=O)n1)Cc1cccc(C(=O)O)n1.[CH3-].[Cs+]. The summed E-state index contributed by atoms with van der Waals surface area (Å²) in [5.74, 6) is 2.06. The number of hydrogen-bond donors (Lipinski definition) is 2. The summed E-state index contributed by atoms with van der Waals surface area (Å²) >= 11 is 3.27. The van der Waals surface area contributed by atoms with Gasteiger partial charge in [0.1, 0.15) is 16.8 Å². The number of ether oxygens (including phenoxy) is 3. The van der Waals surface area contributed by atoms with Crippen LogP contribution in [0.1, 0.15) is 58.0 Å². The second-order valence-corrected chi connectivity index (χ2v) is 12.7. The van der Waals surface area contributed by atoms with E-state index in [0.717, 1.165) is 48.5 Å². The average molecular weight is 840 g/mol. The minimum Gasteiger partial charge on any atom is -0.477 e. The van der Waals surface area contributed by atoms with Crippen molar-refractivity contribution in [1.82, 2.24) is 19.8 Å². The molecule has 0 bridgehead atoms. The van der Waals surface area contributed by atoms with Gasteiger partial charge in [0.2, 0.25) is 0 Å². The van der Waals surface area contributed by atoms with Gasteiger partial charge < -0.3 is 31.9 Å². The summed E-state index contributed by atoms with van der Waals surface area (Å²) in [6.45, 7) is 6.42. The van der Waals surface area contributed by atoms with Crippen LogP contribution in [0.15, 0.2) is 36.4 Å². The number of hydrogen-bond acceptors (Lipinski definition) is 13. The van der Waals surface area contributed by atoms with Crippen LogP contribution < -0.4 is 68.9 Å². The molecule has 0 atom stereocenters. The number of carbonyl (C=O) groups excluding carboxylic acids is 1. The van der Waals surface area contributed by atoms with Gasteiger partial charge in [0.25, 0.3) is 0 Å².